The van der Waals surface area contributed by atoms with E-state index in [4.69, 9.17) is 11.6 Å². The lowest BCUT2D eigenvalue weighted by atomic mass is 10.1. The van der Waals surface area contributed by atoms with E-state index in [1.165, 1.54) is 0 Å². The Morgan fingerprint density at radius 2 is 1.46 bits per heavy atom. The fraction of sp³-hybridized carbons (Fsp3) is 0.136. The second-order valence-corrected chi connectivity index (χ2v) is 6.69. The van der Waals surface area contributed by atoms with Crippen molar-refractivity contribution < 1.29 is 9.59 Å². The predicted octanol–water partition coefficient (Wildman–Crippen LogP) is 3.64. The molecule has 1 aromatic heterocycles. The van der Waals surface area contributed by atoms with Crippen molar-refractivity contribution >= 4 is 23.4 Å². The minimum atomic E-state index is -0.190. The molecule has 0 bridgehead atoms. The van der Waals surface area contributed by atoms with E-state index in [1.54, 1.807) is 36.7 Å². The van der Waals surface area contributed by atoms with Gasteiger partial charge < -0.3 is 10.6 Å². The Balaban J connectivity index is 1.48. The maximum absolute atomic E-state index is 12.3. The summed E-state index contributed by atoms with van der Waals surface area (Å²) in [7, 11) is 0. The topological polar surface area (TPSA) is 71.1 Å². The third-order valence-electron chi connectivity index (χ3n) is 4.20. The third kappa shape index (κ3) is 5.66. The summed E-state index contributed by atoms with van der Waals surface area (Å²) in [5.41, 5.74) is 3.05. The lowest BCUT2D eigenvalue weighted by molar-refractivity contribution is 0.0940. The Morgan fingerprint density at radius 1 is 0.821 bits per heavy atom. The zero-order valence-electron chi connectivity index (χ0n) is 15.2. The third-order valence-corrected chi connectivity index (χ3v) is 4.44. The molecular formula is C22H20ClN3O2. The van der Waals surface area contributed by atoms with Crippen LogP contribution < -0.4 is 10.6 Å². The first-order chi connectivity index (χ1) is 13.6. The lowest BCUT2D eigenvalue weighted by Crippen LogP contribution is -2.26. The summed E-state index contributed by atoms with van der Waals surface area (Å²) in [6.07, 6.45) is 4.06. The summed E-state index contributed by atoms with van der Waals surface area (Å²) in [5, 5.41) is 6.40. The SMILES string of the molecule is O=C(NCCc1cccc(Cl)c1)c1ccc(C(=O)NCc2ccncc2)cc1. The average Bonchev–Trinajstić information content (AvgIpc) is 2.73. The molecule has 0 aliphatic heterocycles. The van der Waals surface area contributed by atoms with Gasteiger partial charge in [-0.15, -0.1) is 0 Å². The van der Waals surface area contributed by atoms with Crippen LogP contribution in [-0.2, 0) is 13.0 Å². The largest absolute Gasteiger partial charge is 0.352 e. The zero-order chi connectivity index (χ0) is 19.8. The summed E-state index contributed by atoms with van der Waals surface area (Å²) in [6, 6.07) is 17.8. The molecule has 0 fully saturated rings. The van der Waals surface area contributed by atoms with Crippen molar-refractivity contribution in [1.82, 2.24) is 15.6 Å². The molecule has 1 heterocycles. The van der Waals surface area contributed by atoms with Crippen LogP contribution in [0.4, 0.5) is 0 Å². The molecule has 0 radical (unpaired) electrons. The summed E-state index contributed by atoms with van der Waals surface area (Å²) >= 11 is 5.96. The van der Waals surface area contributed by atoms with Crippen molar-refractivity contribution in [2.45, 2.75) is 13.0 Å². The summed E-state index contributed by atoms with van der Waals surface area (Å²) in [5.74, 6) is -0.365. The number of hydrogen-bond acceptors (Lipinski definition) is 3. The number of amides is 2. The minimum absolute atomic E-state index is 0.175. The molecule has 6 heteroatoms. The first kappa shape index (κ1) is 19.6. The smallest absolute Gasteiger partial charge is 0.251 e. The molecule has 0 saturated carbocycles. The highest BCUT2D eigenvalue weighted by Crippen LogP contribution is 2.11. The maximum atomic E-state index is 12.3. The Bertz CT molecular complexity index is 944. The van der Waals surface area contributed by atoms with Crippen LogP contribution in [-0.4, -0.2) is 23.3 Å². The molecule has 28 heavy (non-hydrogen) atoms. The molecular weight excluding hydrogens is 374 g/mol. The van der Waals surface area contributed by atoms with Crippen LogP contribution in [0.15, 0.2) is 73.1 Å². The van der Waals surface area contributed by atoms with Gasteiger partial charge in [0, 0.05) is 41.6 Å². The number of carbonyl (C=O) groups is 2. The number of nitrogens with one attached hydrogen (secondary N) is 2. The normalized spacial score (nSPS) is 10.3. The zero-order valence-corrected chi connectivity index (χ0v) is 15.9. The van der Waals surface area contributed by atoms with Crippen LogP contribution in [0.25, 0.3) is 0 Å². The second-order valence-electron chi connectivity index (χ2n) is 6.25. The Hall–Kier alpha value is -3.18. The molecule has 0 unspecified atom stereocenters. The number of pyridine rings is 1. The highest BCUT2D eigenvalue weighted by molar-refractivity contribution is 6.30. The molecule has 0 aliphatic carbocycles. The van der Waals surface area contributed by atoms with Gasteiger partial charge in [0.05, 0.1) is 0 Å². The van der Waals surface area contributed by atoms with E-state index in [9.17, 15) is 9.59 Å². The molecule has 0 atom stereocenters. The summed E-state index contributed by atoms with van der Waals surface area (Å²) < 4.78 is 0. The van der Waals surface area contributed by atoms with Crippen LogP contribution in [0, 0.1) is 0 Å². The minimum Gasteiger partial charge on any atom is -0.352 e. The monoisotopic (exact) mass is 393 g/mol. The van der Waals surface area contributed by atoms with Crippen LogP contribution >= 0.6 is 11.6 Å². The first-order valence-electron chi connectivity index (χ1n) is 8.91. The van der Waals surface area contributed by atoms with Gasteiger partial charge in [0.25, 0.3) is 11.8 Å². The molecule has 2 N–H and O–H groups in total. The van der Waals surface area contributed by atoms with Gasteiger partial charge in [-0.2, -0.15) is 0 Å². The Morgan fingerprint density at radius 3 is 2.11 bits per heavy atom. The molecule has 3 aromatic rings. The molecule has 3 rings (SSSR count). The number of hydrogen-bond donors (Lipinski definition) is 2. The maximum Gasteiger partial charge on any atom is 0.251 e. The molecule has 2 amide bonds. The average molecular weight is 394 g/mol. The molecule has 142 valence electrons. The van der Waals surface area contributed by atoms with Gasteiger partial charge >= 0.3 is 0 Å². The molecule has 0 spiro atoms. The first-order valence-corrected chi connectivity index (χ1v) is 9.29. The quantitative estimate of drug-likeness (QED) is 0.643. The Kier molecular flexibility index (Phi) is 6.76. The fourth-order valence-electron chi connectivity index (χ4n) is 2.67. The van der Waals surface area contributed by atoms with Gasteiger partial charge in [0.15, 0.2) is 0 Å². The number of rotatable bonds is 7. The standard InChI is InChI=1S/C22H20ClN3O2/c23-20-3-1-2-16(14-20)10-13-25-21(27)18-4-6-19(7-5-18)22(28)26-15-17-8-11-24-12-9-17/h1-9,11-12,14H,10,13,15H2,(H,25,27)(H,26,28). The van der Waals surface area contributed by atoms with Crippen molar-refractivity contribution in [3.63, 3.8) is 0 Å². The van der Waals surface area contributed by atoms with Gasteiger partial charge in [-0.25, -0.2) is 0 Å². The van der Waals surface area contributed by atoms with Gasteiger partial charge in [-0.1, -0.05) is 23.7 Å². The van der Waals surface area contributed by atoms with Crippen LogP contribution in [0.5, 0.6) is 0 Å². The summed E-state index contributed by atoms with van der Waals surface area (Å²) in [6.45, 7) is 0.931. The number of nitrogens with zero attached hydrogens (tertiary/aromatic N) is 1. The van der Waals surface area contributed by atoms with Crippen molar-refractivity contribution in [2.75, 3.05) is 6.54 Å². The van der Waals surface area contributed by atoms with E-state index in [2.05, 4.69) is 15.6 Å². The van der Waals surface area contributed by atoms with Gasteiger partial charge in [0.2, 0.25) is 0 Å². The van der Waals surface area contributed by atoms with E-state index in [-0.39, 0.29) is 11.8 Å². The Labute approximate surface area is 168 Å². The predicted molar refractivity (Wildman–Crippen MR) is 109 cm³/mol. The van der Waals surface area contributed by atoms with Crippen molar-refractivity contribution in [3.8, 4) is 0 Å². The highest BCUT2D eigenvalue weighted by Gasteiger charge is 2.09. The molecule has 5 nitrogen and oxygen atoms in total. The number of halogens is 1. The number of aromatic nitrogens is 1. The number of benzene rings is 2. The van der Waals surface area contributed by atoms with Crippen LogP contribution in [0.1, 0.15) is 31.8 Å². The van der Waals surface area contributed by atoms with E-state index < -0.39 is 0 Å². The second kappa shape index (κ2) is 9.67. The molecule has 0 saturated heterocycles. The summed E-state index contributed by atoms with van der Waals surface area (Å²) in [4.78, 5) is 28.4. The van der Waals surface area contributed by atoms with Crippen LogP contribution in [0.3, 0.4) is 0 Å². The van der Waals surface area contributed by atoms with Crippen LogP contribution in [0.2, 0.25) is 5.02 Å². The molecule has 0 aliphatic rings. The van der Waals surface area contributed by atoms with Gasteiger partial charge in [0.1, 0.15) is 0 Å². The van der Waals surface area contributed by atoms with Crippen molar-refractivity contribution in [3.05, 3.63) is 100 Å². The van der Waals surface area contributed by atoms with Gasteiger partial charge in [-0.3, -0.25) is 14.6 Å². The van der Waals surface area contributed by atoms with Gasteiger partial charge in [-0.05, 0) is 66.1 Å². The fourth-order valence-corrected chi connectivity index (χ4v) is 2.89. The van der Waals surface area contributed by atoms with Crippen molar-refractivity contribution in [2.24, 2.45) is 0 Å². The lowest BCUT2D eigenvalue weighted by Gasteiger charge is -2.08. The van der Waals surface area contributed by atoms with E-state index in [0.717, 1.165) is 11.1 Å². The van der Waals surface area contributed by atoms with Crippen molar-refractivity contribution in [1.29, 1.82) is 0 Å². The van der Waals surface area contributed by atoms with E-state index in [1.807, 2.05) is 36.4 Å². The highest BCUT2D eigenvalue weighted by atomic mass is 35.5. The number of carbonyl (C=O) groups excluding carboxylic acids is 2. The molecule has 2 aromatic carbocycles. The van der Waals surface area contributed by atoms with E-state index >= 15 is 0 Å². The van der Waals surface area contributed by atoms with E-state index in [0.29, 0.717) is 35.7 Å².